The van der Waals surface area contributed by atoms with Crippen LogP contribution in [0.5, 0.6) is 0 Å². The summed E-state index contributed by atoms with van der Waals surface area (Å²) in [5.74, 6) is 0.640. The van der Waals surface area contributed by atoms with E-state index >= 15 is 0 Å². The van der Waals surface area contributed by atoms with Gasteiger partial charge in [-0.2, -0.15) is 0 Å². The third-order valence-electron chi connectivity index (χ3n) is 10.6. The van der Waals surface area contributed by atoms with Gasteiger partial charge < -0.3 is 19.8 Å². The number of aromatic amines is 2. The van der Waals surface area contributed by atoms with Crippen molar-refractivity contribution in [2.75, 3.05) is 40.3 Å². The second-order valence-corrected chi connectivity index (χ2v) is 15.1. The number of nitrogens with zero attached hydrogens (tertiary/aromatic N) is 4. The van der Waals surface area contributed by atoms with E-state index in [1.807, 2.05) is 48.9 Å². The predicted molar refractivity (Wildman–Crippen MR) is 210 cm³/mol. The molecule has 6 nitrogen and oxygen atoms in total. The van der Waals surface area contributed by atoms with E-state index in [0.29, 0.717) is 11.8 Å². The zero-order valence-corrected chi connectivity index (χ0v) is 31.6. The van der Waals surface area contributed by atoms with E-state index in [4.69, 9.17) is 0 Å². The molecule has 2 aromatic carbocycles. The fourth-order valence-electron chi connectivity index (χ4n) is 7.51. The third-order valence-corrected chi connectivity index (χ3v) is 11.3. The van der Waals surface area contributed by atoms with Crippen LogP contribution in [0.3, 0.4) is 0 Å². The molecule has 0 saturated carbocycles. The van der Waals surface area contributed by atoms with E-state index < -0.39 is 0 Å². The van der Waals surface area contributed by atoms with Gasteiger partial charge in [0.05, 0.1) is 11.4 Å². The van der Waals surface area contributed by atoms with Gasteiger partial charge in [0, 0.05) is 69.2 Å². The lowest BCUT2D eigenvalue weighted by Crippen LogP contribution is -2.29. The molecule has 0 atom stereocenters. The Morgan fingerprint density at radius 3 is 1.46 bits per heavy atom. The smallest absolute Gasteiger partial charge is 0.123 e. The van der Waals surface area contributed by atoms with Crippen LogP contribution in [0.25, 0.3) is 44.8 Å². The van der Waals surface area contributed by atoms with E-state index in [0.717, 1.165) is 95.5 Å². The minimum Gasteiger partial charge on any atom is -0.358 e. The van der Waals surface area contributed by atoms with Gasteiger partial charge in [-0.1, -0.05) is 0 Å². The average Bonchev–Trinajstić information content (AvgIpc) is 3.80. The van der Waals surface area contributed by atoms with Gasteiger partial charge in [-0.15, -0.1) is 0 Å². The van der Waals surface area contributed by atoms with Crippen LogP contribution < -0.4 is 0 Å². The average molecular weight is 764 g/mol. The summed E-state index contributed by atoms with van der Waals surface area (Å²) in [6, 6.07) is 22.0. The molecule has 0 amide bonds. The lowest BCUT2D eigenvalue weighted by Gasteiger charge is -2.28. The fraction of sp³-hybridized carbons (Fsp3) is 0.302. The number of halogens is 3. The molecule has 268 valence electrons. The van der Waals surface area contributed by atoms with Crippen LogP contribution in [0, 0.1) is 18.6 Å². The van der Waals surface area contributed by atoms with Crippen molar-refractivity contribution in [3.63, 3.8) is 0 Å². The van der Waals surface area contributed by atoms with Crippen molar-refractivity contribution in [3.05, 3.63) is 131 Å². The zero-order chi connectivity index (χ0) is 36.2. The van der Waals surface area contributed by atoms with Crippen LogP contribution in [-0.4, -0.2) is 70.0 Å². The molecule has 6 heterocycles. The lowest BCUT2D eigenvalue weighted by molar-refractivity contribution is 0.253. The zero-order valence-electron chi connectivity index (χ0n) is 30.0. The first-order valence-corrected chi connectivity index (χ1v) is 18.9. The Morgan fingerprint density at radius 1 is 0.596 bits per heavy atom. The first-order valence-electron chi connectivity index (χ1n) is 18.1. The Hall–Kier alpha value is -4.44. The van der Waals surface area contributed by atoms with Gasteiger partial charge in [-0.25, -0.2) is 8.78 Å². The van der Waals surface area contributed by atoms with Gasteiger partial charge in [0.15, 0.2) is 0 Å². The molecule has 0 unspecified atom stereocenters. The molecule has 0 bridgehead atoms. The number of H-pyrrole nitrogens is 2. The molecule has 0 spiro atoms. The van der Waals surface area contributed by atoms with Gasteiger partial charge in [0.2, 0.25) is 0 Å². The summed E-state index contributed by atoms with van der Waals surface area (Å²) in [4.78, 5) is 20.5. The number of pyridine rings is 2. The van der Waals surface area contributed by atoms with Crippen molar-refractivity contribution >= 4 is 15.9 Å². The largest absolute Gasteiger partial charge is 0.358 e. The number of hydrogen-bond donors (Lipinski definition) is 2. The number of hydrogen-bond acceptors (Lipinski definition) is 4. The minimum absolute atomic E-state index is 0.211. The molecule has 9 heteroatoms. The highest BCUT2D eigenvalue weighted by Gasteiger charge is 2.24. The summed E-state index contributed by atoms with van der Waals surface area (Å²) in [6.07, 6.45) is 12.0. The number of aromatic nitrogens is 4. The molecular formula is C43H45BrF2N6. The monoisotopic (exact) mass is 762 g/mol. The van der Waals surface area contributed by atoms with Crippen molar-refractivity contribution in [3.8, 4) is 44.8 Å². The second-order valence-electron chi connectivity index (χ2n) is 14.2. The van der Waals surface area contributed by atoms with Gasteiger partial charge in [-0.05, 0) is 184 Å². The number of rotatable bonds is 6. The van der Waals surface area contributed by atoms with E-state index in [1.165, 1.54) is 46.8 Å². The lowest BCUT2D eigenvalue weighted by atomic mass is 9.93. The number of piperidine rings is 2. The summed E-state index contributed by atoms with van der Waals surface area (Å²) < 4.78 is 27.7. The van der Waals surface area contributed by atoms with Crippen molar-refractivity contribution in [2.24, 2.45) is 0 Å². The quantitative estimate of drug-likeness (QED) is 0.177. The maximum atomic E-state index is 13.4. The molecule has 2 fully saturated rings. The molecule has 6 aromatic rings. The maximum Gasteiger partial charge on any atom is 0.123 e. The van der Waals surface area contributed by atoms with E-state index in [9.17, 15) is 8.78 Å². The summed E-state index contributed by atoms with van der Waals surface area (Å²) in [5.41, 5.74) is 12.3. The summed E-state index contributed by atoms with van der Waals surface area (Å²) >= 11 is 3.62. The van der Waals surface area contributed by atoms with E-state index in [-0.39, 0.29) is 11.6 Å². The van der Waals surface area contributed by atoms with Gasteiger partial charge >= 0.3 is 0 Å². The Morgan fingerprint density at radius 2 is 1.02 bits per heavy atom. The number of aryl methyl sites for hydroxylation is 1. The Kier molecular flexibility index (Phi) is 11.1. The highest BCUT2D eigenvalue weighted by molar-refractivity contribution is 9.10. The first kappa shape index (κ1) is 35.9. The highest BCUT2D eigenvalue weighted by atomic mass is 79.9. The van der Waals surface area contributed by atoms with Crippen LogP contribution in [0.15, 0.2) is 102 Å². The van der Waals surface area contributed by atoms with Gasteiger partial charge in [-0.3, -0.25) is 9.97 Å². The summed E-state index contributed by atoms with van der Waals surface area (Å²) in [7, 11) is 4.36. The molecular weight excluding hydrogens is 718 g/mol. The standard InChI is InChI=1S/C22H24FN3.C21H21BrFN3/c1-15-14-24-10-7-19(15)20-13-21(16-8-11-26(2)12-9-16)25-22(20)17-3-5-18(23)6-4-17;1-26-10-7-14(8-11-26)20-12-18(17-6-9-24-13-19(17)22)21(25-20)15-2-4-16(23)5-3-15/h3-7,10,13-14,16,25H,8-9,11-12H2,1-2H3;2-6,9,12-14,25H,7-8,10-11H2,1H3. The molecule has 0 radical (unpaired) electrons. The highest BCUT2D eigenvalue weighted by Crippen LogP contribution is 2.40. The normalized spacial score (nSPS) is 16.1. The summed E-state index contributed by atoms with van der Waals surface area (Å²) in [5, 5.41) is 0. The topological polar surface area (TPSA) is 63.8 Å². The van der Waals surface area contributed by atoms with Crippen LogP contribution >= 0.6 is 15.9 Å². The van der Waals surface area contributed by atoms with Crippen molar-refractivity contribution in [1.29, 1.82) is 0 Å². The maximum absolute atomic E-state index is 13.4. The Balaban J connectivity index is 0.000000162. The van der Waals surface area contributed by atoms with Crippen molar-refractivity contribution in [2.45, 2.75) is 44.4 Å². The van der Waals surface area contributed by atoms with Crippen LogP contribution in [-0.2, 0) is 0 Å². The SMILES string of the molecule is CN1CCC(c2cc(-c3ccncc3Br)c(-c3ccc(F)cc3)[nH]2)CC1.Cc1cnccc1-c1cc(C2CCN(C)CC2)[nH]c1-c1ccc(F)cc1. The van der Waals surface area contributed by atoms with Crippen molar-refractivity contribution in [1.82, 2.24) is 29.7 Å². The molecule has 0 aliphatic carbocycles. The third kappa shape index (κ3) is 8.12. The van der Waals surface area contributed by atoms with Gasteiger partial charge in [0.25, 0.3) is 0 Å². The minimum atomic E-state index is -0.220. The summed E-state index contributed by atoms with van der Waals surface area (Å²) in [6.45, 7) is 6.56. The molecule has 8 rings (SSSR count). The molecule has 52 heavy (non-hydrogen) atoms. The number of nitrogens with one attached hydrogen (secondary N) is 2. The second kappa shape index (κ2) is 16.1. The van der Waals surface area contributed by atoms with E-state index in [2.05, 4.69) is 84.9 Å². The Bertz CT molecular complexity index is 1940. The predicted octanol–water partition coefficient (Wildman–Crippen LogP) is 10.5. The molecule has 2 aliphatic heterocycles. The molecule has 2 N–H and O–H groups in total. The van der Waals surface area contributed by atoms with E-state index in [1.54, 1.807) is 6.20 Å². The van der Waals surface area contributed by atoms with Crippen molar-refractivity contribution < 1.29 is 8.78 Å². The van der Waals surface area contributed by atoms with Crippen LogP contribution in [0.1, 0.15) is 54.5 Å². The van der Waals surface area contributed by atoms with Crippen LogP contribution in [0.4, 0.5) is 8.78 Å². The first-order chi connectivity index (χ1) is 25.2. The fourth-order valence-corrected chi connectivity index (χ4v) is 7.98. The van der Waals surface area contributed by atoms with Gasteiger partial charge in [0.1, 0.15) is 11.6 Å². The number of likely N-dealkylation sites (tertiary alicyclic amines) is 2. The van der Waals surface area contributed by atoms with Crippen LogP contribution in [0.2, 0.25) is 0 Å². The molecule has 2 aliphatic rings. The molecule has 4 aromatic heterocycles. The Labute approximate surface area is 313 Å². The number of benzene rings is 2. The molecule has 2 saturated heterocycles.